The molecular weight excluding hydrogens is 380 g/mol. The van der Waals surface area contributed by atoms with E-state index in [1.165, 1.54) is 24.0 Å². The number of fused-ring (bicyclic) bond motifs is 2. The summed E-state index contributed by atoms with van der Waals surface area (Å²) in [6, 6.07) is 12.3. The van der Waals surface area contributed by atoms with Crippen LogP contribution in [-0.4, -0.2) is 43.7 Å². The molecule has 3 aliphatic rings. The molecule has 2 aromatic rings. The molecule has 0 spiro atoms. The van der Waals surface area contributed by atoms with E-state index in [0.717, 1.165) is 55.5 Å². The van der Waals surface area contributed by atoms with Crippen molar-refractivity contribution in [1.29, 1.82) is 0 Å². The molecule has 0 unspecified atom stereocenters. The lowest BCUT2D eigenvalue weighted by Gasteiger charge is -2.32. The molecule has 1 fully saturated rings. The highest BCUT2D eigenvalue weighted by molar-refractivity contribution is 5.95. The number of carbonyl (C=O) groups excluding carboxylic acids is 1. The maximum atomic E-state index is 11.5. The number of hydrogen-bond donors (Lipinski definition) is 3. The van der Waals surface area contributed by atoms with Crippen molar-refractivity contribution in [1.82, 2.24) is 10.3 Å². The average molecular weight is 409 g/mol. The van der Waals surface area contributed by atoms with Crippen LogP contribution >= 0.6 is 0 Å². The predicted octanol–water partition coefficient (Wildman–Crippen LogP) is 2.78. The lowest BCUT2D eigenvalue weighted by atomic mass is 9.90. The fourth-order valence-corrected chi connectivity index (χ4v) is 4.52. The van der Waals surface area contributed by atoms with Gasteiger partial charge in [0.2, 0.25) is 0 Å². The highest BCUT2D eigenvalue weighted by Gasteiger charge is 2.21. The Morgan fingerprint density at radius 1 is 1.13 bits per heavy atom. The molecule has 30 heavy (non-hydrogen) atoms. The monoisotopic (exact) mass is 408 g/mol. The molecule has 1 saturated heterocycles. The summed E-state index contributed by atoms with van der Waals surface area (Å²) in [7, 11) is 0. The van der Waals surface area contributed by atoms with E-state index in [2.05, 4.69) is 39.3 Å². The molecule has 7 heteroatoms. The number of hydrazine groups is 1. The summed E-state index contributed by atoms with van der Waals surface area (Å²) in [6.45, 7) is 4.79. The molecule has 5 rings (SSSR count). The van der Waals surface area contributed by atoms with Crippen LogP contribution in [0.3, 0.4) is 0 Å². The van der Waals surface area contributed by atoms with Crippen molar-refractivity contribution in [2.45, 2.75) is 25.8 Å². The van der Waals surface area contributed by atoms with E-state index in [9.17, 15) is 4.79 Å². The Kier molecular flexibility index (Phi) is 5.46. The Bertz CT molecular complexity index is 925. The number of amides is 1. The number of nitrogens with zero attached hydrogens (tertiary/aromatic N) is 1. The largest absolute Gasteiger partial charge is 0.492 e. The molecule has 3 N–H and O–H groups in total. The normalized spacial score (nSPS) is 18.7. The van der Waals surface area contributed by atoms with Crippen LogP contribution in [0.25, 0.3) is 0 Å². The Morgan fingerprint density at radius 3 is 2.93 bits per heavy atom. The van der Waals surface area contributed by atoms with Crippen molar-refractivity contribution in [3.63, 3.8) is 0 Å². The van der Waals surface area contributed by atoms with Crippen LogP contribution in [0, 0.1) is 5.92 Å². The van der Waals surface area contributed by atoms with Gasteiger partial charge in [0.05, 0.1) is 11.4 Å². The zero-order valence-electron chi connectivity index (χ0n) is 17.1. The number of ether oxygens (including phenoxy) is 2. The zero-order valence-corrected chi connectivity index (χ0v) is 17.1. The quantitative estimate of drug-likeness (QED) is 0.683. The van der Waals surface area contributed by atoms with Gasteiger partial charge in [-0.15, -0.1) is 0 Å². The minimum absolute atomic E-state index is 0.0804. The van der Waals surface area contributed by atoms with Crippen LogP contribution in [0.2, 0.25) is 0 Å². The van der Waals surface area contributed by atoms with Gasteiger partial charge < -0.3 is 20.2 Å². The molecule has 0 bridgehead atoms. The zero-order chi connectivity index (χ0) is 20.3. The van der Waals surface area contributed by atoms with E-state index in [4.69, 9.17) is 9.47 Å². The fraction of sp³-hybridized carbons (Fsp3) is 0.435. The van der Waals surface area contributed by atoms with Gasteiger partial charge in [0.15, 0.2) is 6.61 Å². The van der Waals surface area contributed by atoms with E-state index in [-0.39, 0.29) is 12.5 Å². The molecule has 158 valence electrons. The molecule has 0 saturated carbocycles. The second-order valence-corrected chi connectivity index (χ2v) is 8.27. The Morgan fingerprint density at radius 2 is 2.03 bits per heavy atom. The van der Waals surface area contributed by atoms with Crippen molar-refractivity contribution >= 4 is 17.3 Å². The highest BCUT2D eigenvalue weighted by atomic mass is 16.5. The number of piperidine rings is 1. The first kappa shape index (κ1) is 19.2. The lowest BCUT2D eigenvalue weighted by Crippen LogP contribution is -2.37. The number of benzene rings is 2. The fourth-order valence-electron chi connectivity index (χ4n) is 4.52. The maximum Gasteiger partial charge on any atom is 0.262 e. The summed E-state index contributed by atoms with van der Waals surface area (Å²) in [5.41, 5.74) is 10.7. The molecule has 0 atom stereocenters. The molecule has 0 radical (unpaired) electrons. The molecule has 0 aromatic heterocycles. The number of nitrogens with one attached hydrogen (secondary N) is 3. The summed E-state index contributed by atoms with van der Waals surface area (Å²) in [6.07, 6.45) is 3.42. The third-order valence-corrected chi connectivity index (χ3v) is 6.19. The molecule has 7 nitrogen and oxygen atoms in total. The number of anilines is 2. The molecule has 2 aromatic carbocycles. The minimum atomic E-state index is -0.0804. The van der Waals surface area contributed by atoms with Gasteiger partial charge in [0, 0.05) is 18.7 Å². The van der Waals surface area contributed by atoms with Crippen molar-refractivity contribution in [3.05, 3.63) is 47.5 Å². The number of carbonyl (C=O) groups is 1. The van der Waals surface area contributed by atoms with E-state index in [0.29, 0.717) is 12.5 Å². The van der Waals surface area contributed by atoms with Gasteiger partial charge in [-0.3, -0.25) is 9.69 Å². The van der Waals surface area contributed by atoms with Crippen molar-refractivity contribution in [2.75, 3.05) is 43.6 Å². The van der Waals surface area contributed by atoms with E-state index in [1.807, 2.05) is 18.2 Å². The van der Waals surface area contributed by atoms with Crippen LogP contribution in [0.1, 0.15) is 24.0 Å². The van der Waals surface area contributed by atoms with E-state index >= 15 is 0 Å². The van der Waals surface area contributed by atoms with Gasteiger partial charge in [0.1, 0.15) is 18.1 Å². The Hall–Kier alpha value is -2.77. The van der Waals surface area contributed by atoms with Crippen LogP contribution in [-0.2, 0) is 17.8 Å². The summed E-state index contributed by atoms with van der Waals surface area (Å²) >= 11 is 0. The van der Waals surface area contributed by atoms with Crippen LogP contribution in [0.5, 0.6) is 11.5 Å². The second kappa shape index (κ2) is 8.53. The van der Waals surface area contributed by atoms with E-state index in [1.54, 1.807) is 0 Å². The van der Waals surface area contributed by atoms with Crippen molar-refractivity contribution in [3.8, 4) is 11.5 Å². The van der Waals surface area contributed by atoms with Gasteiger partial charge in [-0.1, -0.05) is 12.1 Å². The van der Waals surface area contributed by atoms with Crippen LogP contribution in [0.4, 0.5) is 11.4 Å². The first-order valence-corrected chi connectivity index (χ1v) is 10.8. The predicted molar refractivity (Wildman–Crippen MR) is 116 cm³/mol. The van der Waals surface area contributed by atoms with Crippen molar-refractivity contribution in [2.24, 2.45) is 5.92 Å². The Balaban J connectivity index is 1.08. The number of hydrogen-bond acceptors (Lipinski definition) is 6. The standard InChI is InChI=1S/C23H28N4O3/c28-23-15-30-22-5-4-17(13-20(22)25-23)12-16-6-8-27(9-7-16)10-11-29-21-3-1-2-19-18(21)14-24-26-19/h1-5,13,16,24,26H,6-12,14-15H2,(H,25,28). The van der Waals surface area contributed by atoms with Crippen LogP contribution in [0.15, 0.2) is 36.4 Å². The van der Waals surface area contributed by atoms with Crippen LogP contribution < -0.4 is 25.6 Å². The average Bonchev–Trinajstić information content (AvgIpc) is 3.24. The minimum Gasteiger partial charge on any atom is -0.492 e. The topological polar surface area (TPSA) is 74.9 Å². The molecule has 1 amide bonds. The molecular formula is C23H28N4O3. The van der Waals surface area contributed by atoms with Gasteiger partial charge in [-0.2, -0.15) is 0 Å². The first-order chi connectivity index (χ1) is 14.7. The Labute approximate surface area is 176 Å². The summed E-state index contributed by atoms with van der Waals surface area (Å²) in [5, 5.41) is 2.90. The summed E-state index contributed by atoms with van der Waals surface area (Å²) in [5.74, 6) is 2.34. The lowest BCUT2D eigenvalue weighted by molar-refractivity contribution is -0.118. The van der Waals surface area contributed by atoms with Gasteiger partial charge in [0.25, 0.3) is 5.91 Å². The van der Waals surface area contributed by atoms with Gasteiger partial charge in [-0.05, 0) is 68.1 Å². The SMILES string of the molecule is O=C1COc2ccc(CC3CCN(CCOc4cccc5c4CNN5)CC3)cc2N1. The summed E-state index contributed by atoms with van der Waals surface area (Å²) < 4.78 is 11.5. The molecule has 0 aliphatic carbocycles. The third kappa shape index (κ3) is 4.22. The molecule has 3 aliphatic heterocycles. The van der Waals surface area contributed by atoms with Gasteiger partial charge in [-0.25, -0.2) is 5.43 Å². The maximum absolute atomic E-state index is 11.5. The molecule has 3 heterocycles. The van der Waals surface area contributed by atoms with Gasteiger partial charge >= 0.3 is 0 Å². The van der Waals surface area contributed by atoms with Crippen molar-refractivity contribution < 1.29 is 14.3 Å². The number of rotatable bonds is 6. The third-order valence-electron chi connectivity index (χ3n) is 6.19. The first-order valence-electron chi connectivity index (χ1n) is 10.8. The smallest absolute Gasteiger partial charge is 0.262 e. The van der Waals surface area contributed by atoms with E-state index < -0.39 is 0 Å². The number of likely N-dealkylation sites (tertiary alicyclic amines) is 1. The highest BCUT2D eigenvalue weighted by Crippen LogP contribution is 2.31. The summed E-state index contributed by atoms with van der Waals surface area (Å²) in [4.78, 5) is 14.0. The second-order valence-electron chi connectivity index (χ2n) is 8.27.